The number of nitrogens with zero attached hydrogens (tertiary/aromatic N) is 3. The molecule has 1 atom stereocenters. The van der Waals surface area contributed by atoms with E-state index >= 15 is 0 Å². The number of piperazine rings is 1. The maximum Gasteiger partial charge on any atom is 0.239 e. The maximum atomic E-state index is 12.8. The van der Waals surface area contributed by atoms with Gasteiger partial charge in [0.2, 0.25) is 5.91 Å². The number of aromatic nitrogens is 1. The van der Waals surface area contributed by atoms with Crippen LogP contribution in [0.3, 0.4) is 0 Å². The molecule has 0 aliphatic carbocycles. The Morgan fingerprint density at radius 3 is 2.25 bits per heavy atom. The van der Waals surface area contributed by atoms with Crippen molar-refractivity contribution < 1.29 is 4.79 Å². The highest BCUT2D eigenvalue weighted by Crippen LogP contribution is 2.23. The molecular formula is C25H26Cl2N4O. The minimum atomic E-state index is -0.610. The van der Waals surface area contributed by atoms with Crippen molar-refractivity contribution in [2.75, 3.05) is 26.2 Å². The SMILES string of the molecule is NC(Cc1ccc(Cl)cc1Cl)C(=O)N1CCN(Cc2ccc(-c3ccncc3)cc2)CC1. The van der Waals surface area contributed by atoms with Gasteiger partial charge in [-0.2, -0.15) is 0 Å². The quantitative estimate of drug-likeness (QED) is 0.586. The summed E-state index contributed by atoms with van der Waals surface area (Å²) >= 11 is 12.2. The van der Waals surface area contributed by atoms with Crippen molar-refractivity contribution in [3.05, 3.63) is 88.2 Å². The third-order valence-electron chi connectivity index (χ3n) is 5.83. The Morgan fingerprint density at radius 1 is 0.938 bits per heavy atom. The number of halogens is 2. The molecule has 4 rings (SSSR count). The van der Waals surface area contributed by atoms with Crippen LogP contribution in [0.4, 0.5) is 0 Å². The minimum absolute atomic E-state index is 0.0302. The van der Waals surface area contributed by atoms with Crippen LogP contribution in [0.1, 0.15) is 11.1 Å². The summed E-state index contributed by atoms with van der Waals surface area (Å²) in [6.07, 6.45) is 4.01. The lowest BCUT2D eigenvalue weighted by Crippen LogP contribution is -2.53. The Hall–Kier alpha value is -2.44. The molecule has 1 aliphatic heterocycles. The molecule has 1 saturated heterocycles. The van der Waals surface area contributed by atoms with E-state index in [9.17, 15) is 4.79 Å². The van der Waals surface area contributed by atoms with Crippen LogP contribution in [0, 0.1) is 0 Å². The Bertz CT molecular complexity index is 1050. The van der Waals surface area contributed by atoms with Gasteiger partial charge < -0.3 is 10.6 Å². The van der Waals surface area contributed by atoms with Gasteiger partial charge in [0, 0.05) is 55.2 Å². The summed E-state index contributed by atoms with van der Waals surface area (Å²) < 4.78 is 0. The van der Waals surface area contributed by atoms with Crippen molar-refractivity contribution >= 4 is 29.1 Å². The molecule has 0 spiro atoms. The first-order valence-corrected chi connectivity index (χ1v) is 11.4. The van der Waals surface area contributed by atoms with Crippen LogP contribution < -0.4 is 5.73 Å². The molecule has 1 unspecified atom stereocenters. The number of pyridine rings is 1. The fourth-order valence-electron chi connectivity index (χ4n) is 3.98. The number of nitrogens with two attached hydrogens (primary N) is 1. The molecule has 2 N–H and O–H groups in total. The van der Waals surface area contributed by atoms with Gasteiger partial charge in [-0.3, -0.25) is 14.7 Å². The molecule has 0 saturated carbocycles. The molecule has 2 aromatic carbocycles. The van der Waals surface area contributed by atoms with Gasteiger partial charge in [0.25, 0.3) is 0 Å². The van der Waals surface area contributed by atoms with E-state index in [2.05, 4.69) is 34.1 Å². The van der Waals surface area contributed by atoms with Gasteiger partial charge in [-0.1, -0.05) is 53.5 Å². The highest BCUT2D eigenvalue weighted by Gasteiger charge is 2.26. The molecule has 0 radical (unpaired) electrons. The Kier molecular flexibility index (Phi) is 7.43. The van der Waals surface area contributed by atoms with Crippen LogP contribution in [0.25, 0.3) is 11.1 Å². The molecule has 5 nitrogen and oxygen atoms in total. The lowest BCUT2D eigenvalue weighted by atomic mass is 10.0. The van der Waals surface area contributed by atoms with E-state index in [1.165, 1.54) is 11.1 Å². The average Bonchev–Trinajstić information content (AvgIpc) is 2.82. The lowest BCUT2D eigenvalue weighted by Gasteiger charge is -2.36. The number of carbonyl (C=O) groups is 1. The molecule has 1 aliphatic rings. The largest absolute Gasteiger partial charge is 0.339 e. The molecule has 1 fully saturated rings. The van der Waals surface area contributed by atoms with Crippen LogP contribution in [0.2, 0.25) is 10.0 Å². The molecule has 32 heavy (non-hydrogen) atoms. The minimum Gasteiger partial charge on any atom is -0.339 e. The summed E-state index contributed by atoms with van der Waals surface area (Å²) in [5, 5.41) is 1.11. The van der Waals surface area contributed by atoms with E-state index in [0.717, 1.165) is 30.8 Å². The van der Waals surface area contributed by atoms with E-state index in [1.54, 1.807) is 24.5 Å². The summed E-state index contributed by atoms with van der Waals surface area (Å²) in [5.41, 5.74) is 10.7. The van der Waals surface area contributed by atoms with Gasteiger partial charge in [0.05, 0.1) is 6.04 Å². The highest BCUT2D eigenvalue weighted by molar-refractivity contribution is 6.35. The highest BCUT2D eigenvalue weighted by atomic mass is 35.5. The zero-order chi connectivity index (χ0) is 22.5. The zero-order valence-corrected chi connectivity index (χ0v) is 19.3. The number of amides is 1. The van der Waals surface area contributed by atoms with Crippen molar-refractivity contribution in [3.63, 3.8) is 0 Å². The van der Waals surface area contributed by atoms with Gasteiger partial charge in [-0.25, -0.2) is 0 Å². The summed E-state index contributed by atoms with van der Waals surface area (Å²) in [7, 11) is 0. The molecule has 1 aromatic heterocycles. The standard InChI is InChI=1S/C25H26Cl2N4O/c26-22-6-5-21(23(27)16-22)15-24(28)25(32)31-13-11-30(12-14-31)17-18-1-3-19(4-2-18)20-7-9-29-10-8-20/h1-10,16,24H,11-15,17,28H2. The van der Waals surface area contributed by atoms with E-state index in [4.69, 9.17) is 28.9 Å². The Morgan fingerprint density at radius 2 is 1.59 bits per heavy atom. The van der Waals surface area contributed by atoms with Crippen molar-refractivity contribution in [2.24, 2.45) is 5.73 Å². The van der Waals surface area contributed by atoms with Crippen LogP contribution in [0.5, 0.6) is 0 Å². The molecular weight excluding hydrogens is 443 g/mol. The van der Waals surface area contributed by atoms with Gasteiger partial charge in [-0.05, 0) is 52.9 Å². The predicted octanol–water partition coefficient (Wildman–Crippen LogP) is 4.27. The molecule has 166 valence electrons. The van der Waals surface area contributed by atoms with Crippen LogP contribution in [-0.4, -0.2) is 52.9 Å². The van der Waals surface area contributed by atoms with Gasteiger partial charge >= 0.3 is 0 Å². The molecule has 1 amide bonds. The van der Waals surface area contributed by atoms with Crippen LogP contribution in [-0.2, 0) is 17.8 Å². The summed E-state index contributed by atoms with van der Waals surface area (Å²) in [6, 6.07) is 17.3. The second-order valence-corrected chi connectivity index (χ2v) is 8.92. The third-order valence-corrected chi connectivity index (χ3v) is 6.42. The number of benzene rings is 2. The van der Waals surface area contributed by atoms with Gasteiger partial charge in [0.1, 0.15) is 0 Å². The molecule has 2 heterocycles. The number of hydrogen-bond donors (Lipinski definition) is 1. The summed E-state index contributed by atoms with van der Waals surface area (Å²) in [4.78, 5) is 21.1. The first kappa shape index (κ1) is 22.7. The van der Waals surface area contributed by atoms with Crippen molar-refractivity contribution in [3.8, 4) is 11.1 Å². The normalized spacial score (nSPS) is 15.5. The predicted molar refractivity (Wildman–Crippen MR) is 130 cm³/mol. The van der Waals surface area contributed by atoms with Gasteiger partial charge in [-0.15, -0.1) is 0 Å². The zero-order valence-electron chi connectivity index (χ0n) is 17.8. The van der Waals surface area contributed by atoms with Crippen LogP contribution in [0.15, 0.2) is 67.0 Å². The number of carbonyl (C=O) groups excluding carboxylic acids is 1. The Balaban J connectivity index is 1.27. The van der Waals surface area contributed by atoms with Crippen molar-refractivity contribution in [1.82, 2.24) is 14.8 Å². The lowest BCUT2D eigenvalue weighted by molar-refractivity contribution is -0.134. The monoisotopic (exact) mass is 468 g/mol. The second kappa shape index (κ2) is 10.5. The summed E-state index contributed by atoms with van der Waals surface area (Å²) in [6.45, 7) is 3.87. The third kappa shape index (κ3) is 5.67. The van der Waals surface area contributed by atoms with E-state index in [1.807, 2.05) is 23.1 Å². The van der Waals surface area contributed by atoms with E-state index < -0.39 is 6.04 Å². The topological polar surface area (TPSA) is 62.5 Å². The van der Waals surface area contributed by atoms with E-state index in [0.29, 0.717) is 29.6 Å². The van der Waals surface area contributed by atoms with Crippen molar-refractivity contribution in [2.45, 2.75) is 19.0 Å². The van der Waals surface area contributed by atoms with E-state index in [-0.39, 0.29) is 5.91 Å². The fourth-order valence-corrected chi connectivity index (χ4v) is 4.46. The summed E-state index contributed by atoms with van der Waals surface area (Å²) in [5.74, 6) is -0.0302. The molecule has 3 aromatic rings. The Labute approximate surface area is 198 Å². The second-order valence-electron chi connectivity index (χ2n) is 8.08. The smallest absolute Gasteiger partial charge is 0.239 e. The van der Waals surface area contributed by atoms with Crippen molar-refractivity contribution in [1.29, 1.82) is 0 Å². The number of hydrogen-bond acceptors (Lipinski definition) is 4. The van der Waals surface area contributed by atoms with Gasteiger partial charge in [0.15, 0.2) is 0 Å². The molecule has 0 bridgehead atoms. The maximum absolute atomic E-state index is 12.8. The first-order chi connectivity index (χ1) is 15.5. The first-order valence-electron chi connectivity index (χ1n) is 10.7. The molecule has 7 heteroatoms. The fraction of sp³-hybridized carbons (Fsp3) is 0.280. The van der Waals surface area contributed by atoms with Crippen LogP contribution >= 0.6 is 23.2 Å². The average molecular weight is 469 g/mol. The number of rotatable bonds is 6.